The van der Waals surface area contributed by atoms with Crippen molar-refractivity contribution in [3.05, 3.63) is 21.0 Å². The van der Waals surface area contributed by atoms with Crippen LogP contribution in [0.25, 0.3) is 0 Å². The van der Waals surface area contributed by atoms with Crippen molar-refractivity contribution in [2.75, 3.05) is 0 Å². The van der Waals surface area contributed by atoms with Gasteiger partial charge in [-0.3, -0.25) is 0 Å². The van der Waals surface area contributed by atoms with Crippen molar-refractivity contribution >= 4 is 38.5 Å². The van der Waals surface area contributed by atoms with E-state index in [0.29, 0.717) is 0 Å². The van der Waals surface area contributed by atoms with Crippen LogP contribution in [0.5, 0.6) is 5.75 Å². The molecule has 0 saturated carbocycles. The van der Waals surface area contributed by atoms with Crippen LogP contribution in [0.3, 0.4) is 0 Å². The van der Waals surface area contributed by atoms with Crippen LogP contribution >= 0.6 is 38.5 Å². The fourth-order valence-electron chi connectivity index (χ4n) is 0.785. The molecule has 0 aliphatic heterocycles. The lowest BCUT2D eigenvalue weighted by atomic mass is 10.3. The summed E-state index contributed by atoms with van der Waals surface area (Å²) in [7, 11) is 0. The SMILES string of the molecule is Oc1cc(I)c(C(F)F)nc1CBr. The van der Waals surface area contributed by atoms with Crippen LogP contribution in [0.4, 0.5) is 8.78 Å². The van der Waals surface area contributed by atoms with E-state index in [0.717, 1.165) is 0 Å². The maximum Gasteiger partial charge on any atom is 0.281 e. The first-order valence-corrected chi connectivity index (χ1v) is 5.48. The zero-order valence-electron chi connectivity index (χ0n) is 6.27. The summed E-state index contributed by atoms with van der Waals surface area (Å²) < 4.78 is 24.9. The van der Waals surface area contributed by atoms with E-state index in [4.69, 9.17) is 0 Å². The van der Waals surface area contributed by atoms with E-state index in [2.05, 4.69) is 20.9 Å². The number of rotatable bonds is 2. The highest BCUT2D eigenvalue weighted by Crippen LogP contribution is 2.28. The van der Waals surface area contributed by atoms with E-state index >= 15 is 0 Å². The average Bonchev–Trinajstić information content (AvgIpc) is 2.03. The van der Waals surface area contributed by atoms with E-state index in [-0.39, 0.29) is 26.0 Å². The molecule has 0 unspecified atom stereocenters. The first kappa shape index (κ1) is 11.1. The predicted octanol–water partition coefficient (Wildman–Crippen LogP) is 3.22. The van der Waals surface area contributed by atoms with E-state index in [1.54, 1.807) is 22.6 Å². The average molecular weight is 364 g/mol. The molecule has 1 aromatic heterocycles. The molecule has 0 aromatic carbocycles. The van der Waals surface area contributed by atoms with Crippen LogP contribution in [-0.4, -0.2) is 10.1 Å². The number of hydrogen-bond donors (Lipinski definition) is 1. The highest BCUT2D eigenvalue weighted by Gasteiger charge is 2.16. The molecule has 1 rings (SSSR count). The van der Waals surface area contributed by atoms with Gasteiger partial charge in [0.25, 0.3) is 6.43 Å². The highest BCUT2D eigenvalue weighted by atomic mass is 127. The molecule has 0 saturated heterocycles. The Bertz CT molecular complexity index is 322. The second kappa shape index (κ2) is 4.50. The van der Waals surface area contributed by atoms with Gasteiger partial charge in [0.05, 0.1) is 5.69 Å². The minimum Gasteiger partial charge on any atom is -0.506 e. The van der Waals surface area contributed by atoms with Crippen molar-refractivity contribution in [1.82, 2.24) is 4.98 Å². The summed E-state index contributed by atoms with van der Waals surface area (Å²) in [6.07, 6.45) is -2.61. The van der Waals surface area contributed by atoms with Gasteiger partial charge in [0.1, 0.15) is 11.4 Å². The molecule has 1 aromatic rings. The fraction of sp³-hybridized carbons (Fsp3) is 0.286. The Kier molecular flexibility index (Phi) is 3.84. The maximum absolute atomic E-state index is 12.3. The van der Waals surface area contributed by atoms with Crippen LogP contribution in [0.15, 0.2) is 6.07 Å². The van der Waals surface area contributed by atoms with Crippen LogP contribution in [-0.2, 0) is 5.33 Å². The van der Waals surface area contributed by atoms with E-state index in [9.17, 15) is 13.9 Å². The molecule has 1 heterocycles. The summed E-state index contributed by atoms with van der Waals surface area (Å²) in [6, 6.07) is 1.28. The molecule has 72 valence electrons. The van der Waals surface area contributed by atoms with Crippen molar-refractivity contribution in [3.8, 4) is 5.75 Å². The summed E-state index contributed by atoms with van der Waals surface area (Å²) in [6.45, 7) is 0. The van der Waals surface area contributed by atoms with Gasteiger partial charge in [0.15, 0.2) is 0 Å². The number of aromatic nitrogens is 1. The van der Waals surface area contributed by atoms with Crippen molar-refractivity contribution < 1.29 is 13.9 Å². The van der Waals surface area contributed by atoms with Gasteiger partial charge in [-0.2, -0.15) is 0 Å². The zero-order valence-corrected chi connectivity index (χ0v) is 10.0. The van der Waals surface area contributed by atoms with E-state index in [1.807, 2.05) is 0 Å². The molecular weight excluding hydrogens is 359 g/mol. The monoisotopic (exact) mass is 363 g/mol. The van der Waals surface area contributed by atoms with Crippen LogP contribution in [0, 0.1) is 3.57 Å². The maximum atomic E-state index is 12.3. The van der Waals surface area contributed by atoms with Crippen LogP contribution in [0.2, 0.25) is 0 Å². The third-order valence-electron chi connectivity index (χ3n) is 1.39. The first-order chi connectivity index (χ1) is 6.06. The van der Waals surface area contributed by atoms with Crippen molar-refractivity contribution in [1.29, 1.82) is 0 Å². The Balaban J connectivity index is 3.22. The lowest BCUT2D eigenvalue weighted by Crippen LogP contribution is -1.98. The topological polar surface area (TPSA) is 33.1 Å². The first-order valence-electron chi connectivity index (χ1n) is 3.28. The number of aromatic hydroxyl groups is 1. The van der Waals surface area contributed by atoms with Gasteiger partial charge in [0.2, 0.25) is 0 Å². The number of halogens is 4. The Hall–Kier alpha value is 0.0200. The second-order valence-electron chi connectivity index (χ2n) is 2.26. The zero-order chi connectivity index (χ0) is 10.0. The standard InChI is InChI=1S/C7H5BrF2INO/c8-2-4-5(13)1-3(11)6(12-4)7(9)10/h1,7,13H,2H2. The van der Waals surface area contributed by atoms with Crippen molar-refractivity contribution in [2.45, 2.75) is 11.8 Å². The van der Waals surface area contributed by atoms with Gasteiger partial charge >= 0.3 is 0 Å². The number of alkyl halides is 3. The number of pyridine rings is 1. The Labute approximate surface area is 95.6 Å². The minimum absolute atomic E-state index is 0.0642. The van der Waals surface area contributed by atoms with E-state index < -0.39 is 6.43 Å². The molecule has 0 aliphatic rings. The molecule has 6 heteroatoms. The summed E-state index contributed by atoms with van der Waals surface area (Å²) >= 11 is 4.76. The number of hydrogen-bond acceptors (Lipinski definition) is 2. The van der Waals surface area contributed by atoms with Crippen LogP contribution in [0.1, 0.15) is 17.8 Å². The quantitative estimate of drug-likeness (QED) is 0.646. The molecule has 0 fully saturated rings. The predicted molar refractivity (Wildman–Crippen MR) is 56.2 cm³/mol. The normalized spacial score (nSPS) is 10.8. The lowest BCUT2D eigenvalue weighted by molar-refractivity contribution is 0.144. The summed E-state index contributed by atoms with van der Waals surface area (Å²) in [5.41, 5.74) is -0.0523. The fourth-order valence-corrected chi connectivity index (χ4v) is 1.85. The molecule has 0 atom stereocenters. The molecule has 0 spiro atoms. The largest absolute Gasteiger partial charge is 0.506 e. The Morgan fingerprint density at radius 3 is 2.69 bits per heavy atom. The second-order valence-corrected chi connectivity index (χ2v) is 3.98. The minimum atomic E-state index is -2.61. The Morgan fingerprint density at radius 2 is 2.23 bits per heavy atom. The molecular formula is C7H5BrF2INO. The molecule has 2 nitrogen and oxygen atoms in total. The smallest absolute Gasteiger partial charge is 0.281 e. The number of nitrogens with zero attached hydrogens (tertiary/aromatic N) is 1. The van der Waals surface area contributed by atoms with E-state index in [1.165, 1.54) is 6.07 Å². The van der Waals surface area contributed by atoms with Crippen molar-refractivity contribution in [3.63, 3.8) is 0 Å². The molecule has 0 bridgehead atoms. The highest BCUT2D eigenvalue weighted by molar-refractivity contribution is 14.1. The van der Waals surface area contributed by atoms with Crippen LogP contribution < -0.4 is 0 Å². The molecule has 0 amide bonds. The molecule has 1 N–H and O–H groups in total. The molecule has 13 heavy (non-hydrogen) atoms. The molecule has 0 aliphatic carbocycles. The summed E-state index contributed by atoms with van der Waals surface area (Å²) in [4.78, 5) is 3.64. The van der Waals surface area contributed by atoms with Gasteiger partial charge in [0, 0.05) is 8.90 Å². The summed E-state index contributed by atoms with van der Waals surface area (Å²) in [5, 5.41) is 9.51. The van der Waals surface area contributed by atoms with Crippen molar-refractivity contribution in [2.24, 2.45) is 0 Å². The Morgan fingerprint density at radius 1 is 1.62 bits per heavy atom. The van der Waals surface area contributed by atoms with Gasteiger partial charge in [-0.15, -0.1) is 0 Å². The van der Waals surface area contributed by atoms with Gasteiger partial charge < -0.3 is 5.11 Å². The van der Waals surface area contributed by atoms with Gasteiger partial charge in [-0.1, -0.05) is 15.9 Å². The third-order valence-corrected chi connectivity index (χ3v) is 2.79. The third kappa shape index (κ3) is 2.49. The van der Waals surface area contributed by atoms with Gasteiger partial charge in [-0.05, 0) is 28.7 Å². The summed E-state index contributed by atoms with van der Waals surface area (Å²) in [5.74, 6) is -0.0642. The molecule has 0 radical (unpaired) electrons. The van der Waals surface area contributed by atoms with Gasteiger partial charge in [-0.25, -0.2) is 13.8 Å². The lowest BCUT2D eigenvalue weighted by Gasteiger charge is -2.06.